The minimum Gasteiger partial charge on any atom is -0.351 e. The molecule has 0 aliphatic rings. The number of nitro groups is 1. The Morgan fingerprint density at radius 2 is 2.26 bits per heavy atom. The van der Waals surface area contributed by atoms with Crippen LogP contribution in [0.15, 0.2) is 18.2 Å². The predicted molar refractivity (Wildman–Crippen MR) is 71.4 cm³/mol. The fourth-order valence-electron chi connectivity index (χ4n) is 1.56. The summed E-state index contributed by atoms with van der Waals surface area (Å²) in [7, 11) is 0. The maximum absolute atomic E-state index is 11.4. The zero-order valence-corrected chi connectivity index (χ0v) is 10.6. The summed E-state index contributed by atoms with van der Waals surface area (Å²) in [6, 6.07) is 4.79. The third-order valence-corrected chi connectivity index (χ3v) is 2.60. The summed E-state index contributed by atoms with van der Waals surface area (Å²) >= 11 is 0. The smallest absolute Gasteiger partial charge is 0.272 e. The first-order chi connectivity index (χ1) is 9.06. The van der Waals surface area contributed by atoms with E-state index in [1.807, 2.05) is 0 Å². The molecule has 0 radical (unpaired) electrons. The van der Waals surface area contributed by atoms with Crippen molar-refractivity contribution in [3.05, 3.63) is 39.4 Å². The second-order valence-electron chi connectivity index (χ2n) is 3.90. The highest BCUT2D eigenvalue weighted by atomic mass is 16.6. The number of hydrogen-bond donors (Lipinski definition) is 2. The zero-order valence-electron chi connectivity index (χ0n) is 10.6. The third kappa shape index (κ3) is 4.41. The van der Waals surface area contributed by atoms with E-state index in [0.717, 1.165) is 5.56 Å². The number of nitrogens with one attached hydrogen (secondary N) is 2. The average molecular weight is 261 g/mol. The Labute approximate surface area is 111 Å². The van der Waals surface area contributed by atoms with Crippen LogP contribution in [0.1, 0.15) is 11.1 Å². The van der Waals surface area contributed by atoms with Crippen LogP contribution in [0.2, 0.25) is 0 Å². The molecule has 0 spiro atoms. The summed E-state index contributed by atoms with van der Waals surface area (Å²) in [4.78, 5) is 21.8. The van der Waals surface area contributed by atoms with Gasteiger partial charge in [-0.2, -0.15) is 0 Å². The van der Waals surface area contributed by atoms with Crippen molar-refractivity contribution in [1.29, 1.82) is 0 Å². The van der Waals surface area contributed by atoms with Gasteiger partial charge in [-0.1, -0.05) is 18.1 Å². The van der Waals surface area contributed by atoms with Crippen LogP contribution in [0, 0.1) is 29.4 Å². The molecule has 0 fully saturated rings. The van der Waals surface area contributed by atoms with Crippen LogP contribution in [0.4, 0.5) is 5.69 Å². The van der Waals surface area contributed by atoms with Crippen molar-refractivity contribution < 1.29 is 9.72 Å². The van der Waals surface area contributed by atoms with Crippen LogP contribution >= 0.6 is 0 Å². The van der Waals surface area contributed by atoms with Crippen molar-refractivity contribution in [2.24, 2.45) is 0 Å². The lowest BCUT2D eigenvalue weighted by atomic mass is 10.1. The summed E-state index contributed by atoms with van der Waals surface area (Å²) in [5, 5.41) is 16.2. The van der Waals surface area contributed by atoms with Gasteiger partial charge in [0.1, 0.15) is 0 Å². The number of carbonyl (C=O) groups is 1. The molecule has 1 aromatic carbocycles. The third-order valence-electron chi connectivity index (χ3n) is 2.60. The van der Waals surface area contributed by atoms with Gasteiger partial charge in [0, 0.05) is 18.2 Å². The molecule has 0 atom stereocenters. The normalized spacial score (nSPS) is 9.68. The SMILES string of the molecule is C#CCNCC(=O)NCc1cccc([N+](=O)[O-])c1C. The predicted octanol–water partition coefficient (Wildman–Crippen LogP) is 0.742. The van der Waals surface area contributed by atoms with Gasteiger partial charge in [0.15, 0.2) is 0 Å². The number of amides is 1. The second-order valence-corrected chi connectivity index (χ2v) is 3.90. The monoisotopic (exact) mass is 261 g/mol. The fourth-order valence-corrected chi connectivity index (χ4v) is 1.56. The van der Waals surface area contributed by atoms with Gasteiger partial charge >= 0.3 is 0 Å². The molecular weight excluding hydrogens is 246 g/mol. The number of nitro benzene ring substituents is 1. The second kappa shape index (κ2) is 7.13. The highest BCUT2D eigenvalue weighted by molar-refractivity contribution is 5.78. The van der Waals surface area contributed by atoms with E-state index in [-0.39, 0.29) is 24.7 Å². The number of rotatable bonds is 6. The van der Waals surface area contributed by atoms with E-state index >= 15 is 0 Å². The maximum Gasteiger partial charge on any atom is 0.272 e. The van der Waals surface area contributed by atoms with Crippen molar-refractivity contribution in [2.75, 3.05) is 13.1 Å². The van der Waals surface area contributed by atoms with E-state index in [2.05, 4.69) is 16.6 Å². The van der Waals surface area contributed by atoms with E-state index < -0.39 is 4.92 Å². The number of carbonyl (C=O) groups excluding carboxylic acids is 1. The van der Waals surface area contributed by atoms with Gasteiger partial charge in [-0.25, -0.2) is 0 Å². The summed E-state index contributed by atoms with van der Waals surface area (Å²) in [6.45, 7) is 2.36. The topological polar surface area (TPSA) is 84.3 Å². The van der Waals surface area contributed by atoms with Crippen LogP contribution in [0.5, 0.6) is 0 Å². The van der Waals surface area contributed by atoms with E-state index in [9.17, 15) is 14.9 Å². The highest BCUT2D eigenvalue weighted by Gasteiger charge is 2.13. The molecule has 100 valence electrons. The molecule has 1 rings (SSSR count). The van der Waals surface area contributed by atoms with Gasteiger partial charge < -0.3 is 5.32 Å². The lowest BCUT2D eigenvalue weighted by molar-refractivity contribution is -0.385. The van der Waals surface area contributed by atoms with Gasteiger partial charge in [0.25, 0.3) is 5.69 Å². The Balaban J connectivity index is 2.59. The standard InChI is InChI=1S/C13H15N3O3/c1-3-7-14-9-13(17)15-8-11-5-4-6-12(10(11)2)16(18)19/h1,4-6,14H,7-9H2,2H3,(H,15,17). The largest absolute Gasteiger partial charge is 0.351 e. The number of hydrogen-bond acceptors (Lipinski definition) is 4. The molecule has 19 heavy (non-hydrogen) atoms. The van der Waals surface area contributed by atoms with Crippen molar-refractivity contribution in [3.8, 4) is 12.3 Å². The Bertz CT molecular complexity index is 520. The van der Waals surface area contributed by atoms with E-state index in [4.69, 9.17) is 6.42 Å². The average Bonchev–Trinajstić information content (AvgIpc) is 2.37. The molecule has 6 heteroatoms. The molecule has 0 aliphatic heterocycles. The van der Waals surface area contributed by atoms with Gasteiger partial charge in [-0.15, -0.1) is 6.42 Å². The molecule has 0 unspecified atom stereocenters. The first kappa shape index (κ1) is 14.7. The Morgan fingerprint density at radius 1 is 1.53 bits per heavy atom. The van der Waals surface area contributed by atoms with Gasteiger partial charge in [-0.05, 0) is 12.5 Å². The quantitative estimate of drug-likeness (QED) is 0.342. The summed E-state index contributed by atoms with van der Waals surface area (Å²) in [5.74, 6) is 2.15. The number of benzene rings is 1. The first-order valence-corrected chi connectivity index (χ1v) is 5.70. The van der Waals surface area contributed by atoms with Crippen molar-refractivity contribution in [2.45, 2.75) is 13.5 Å². The molecule has 0 bridgehead atoms. The molecule has 0 aliphatic carbocycles. The fraction of sp³-hybridized carbons (Fsp3) is 0.308. The van der Waals surface area contributed by atoms with E-state index in [1.165, 1.54) is 6.07 Å². The number of nitrogens with zero attached hydrogens (tertiary/aromatic N) is 1. The zero-order chi connectivity index (χ0) is 14.3. The van der Waals surface area contributed by atoms with Crippen molar-refractivity contribution in [1.82, 2.24) is 10.6 Å². The maximum atomic E-state index is 11.4. The molecule has 1 aromatic rings. The molecule has 0 heterocycles. The summed E-state index contributed by atoms with van der Waals surface area (Å²) in [5.41, 5.74) is 1.33. The van der Waals surface area contributed by atoms with Gasteiger partial charge in [-0.3, -0.25) is 20.2 Å². The van der Waals surface area contributed by atoms with Crippen LogP contribution in [0.25, 0.3) is 0 Å². The molecule has 0 saturated carbocycles. The number of terminal acetylenes is 1. The summed E-state index contributed by atoms with van der Waals surface area (Å²) < 4.78 is 0. The lowest BCUT2D eigenvalue weighted by Crippen LogP contribution is -2.33. The lowest BCUT2D eigenvalue weighted by Gasteiger charge is -2.08. The highest BCUT2D eigenvalue weighted by Crippen LogP contribution is 2.20. The van der Waals surface area contributed by atoms with Crippen LogP contribution in [0.3, 0.4) is 0 Å². The Morgan fingerprint density at radius 3 is 2.89 bits per heavy atom. The van der Waals surface area contributed by atoms with Crippen LogP contribution in [-0.4, -0.2) is 23.9 Å². The Hall–Kier alpha value is -2.39. The minimum absolute atomic E-state index is 0.0530. The molecule has 1 amide bonds. The molecule has 0 saturated heterocycles. The van der Waals surface area contributed by atoms with Crippen molar-refractivity contribution >= 4 is 11.6 Å². The summed E-state index contributed by atoms with van der Waals surface area (Å²) in [6.07, 6.45) is 5.04. The van der Waals surface area contributed by atoms with E-state index in [0.29, 0.717) is 12.1 Å². The molecule has 2 N–H and O–H groups in total. The minimum atomic E-state index is -0.435. The molecular formula is C13H15N3O3. The van der Waals surface area contributed by atoms with Crippen LogP contribution in [-0.2, 0) is 11.3 Å². The van der Waals surface area contributed by atoms with Crippen molar-refractivity contribution in [3.63, 3.8) is 0 Å². The first-order valence-electron chi connectivity index (χ1n) is 5.70. The molecule has 6 nitrogen and oxygen atoms in total. The Kier molecular flexibility index (Phi) is 5.51. The van der Waals surface area contributed by atoms with Gasteiger partial charge in [0.05, 0.1) is 18.0 Å². The molecule has 0 aromatic heterocycles. The van der Waals surface area contributed by atoms with Crippen LogP contribution < -0.4 is 10.6 Å². The van der Waals surface area contributed by atoms with Gasteiger partial charge in [0.2, 0.25) is 5.91 Å². The van der Waals surface area contributed by atoms with E-state index in [1.54, 1.807) is 19.1 Å².